The van der Waals surface area contributed by atoms with E-state index in [-0.39, 0.29) is 34.8 Å². The maximum atomic E-state index is 13.1. The lowest BCUT2D eigenvalue weighted by molar-refractivity contribution is -0.133. The highest BCUT2D eigenvalue weighted by atomic mass is 16.5. The lowest BCUT2D eigenvalue weighted by atomic mass is 10.1. The number of ether oxygens (including phenoxy) is 1. The summed E-state index contributed by atoms with van der Waals surface area (Å²) >= 11 is 0. The SMILES string of the molecule is CC1COCCN1C(=O)C=Cc1cnn2c(=O)c(C(=O)NC3CC3)c(O)n(CC3(C)CC3)c12. The van der Waals surface area contributed by atoms with Gasteiger partial charge in [-0.1, -0.05) is 6.92 Å². The summed E-state index contributed by atoms with van der Waals surface area (Å²) in [6, 6.07) is 0.0236. The molecule has 3 fully saturated rings. The summed E-state index contributed by atoms with van der Waals surface area (Å²) in [5.41, 5.74) is -0.106. The first kappa shape index (κ1) is 21.7. The van der Waals surface area contributed by atoms with Crippen molar-refractivity contribution in [1.82, 2.24) is 24.4 Å². The van der Waals surface area contributed by atoms with Gasteiger partial charge in [-0.05, 0) is 44.1 Å². The molecule has 10 heteroatoms. The summed E-state index contributed by atoms with van der Waals surface area (Å²) < 4.78 is 8.13. The van der Waals surface area contributed by atoms with E-state index >= 15 is 0 Å². The molecule has 10 nitrogen and oxygen atoms in total. The van der Waals surface area contributed by atoms with E-state index in [9.17, 15) is 19.5 Å². The number of hydrogen-bond acceptors (Lipinski definition) is 6. The fourth-order valence-corrected chi connectivity index (χ4v) is 4.23. The molecule has 2 aromatic heterocycles. The molecule has 3 aliphatic rings. The minimum absolute atomic E-state index is 0.0237. The minimum Gasteiger partial charge on any atom is -0.494 e. The molecule has 2 N–H and O–H groups in total. The van der Waals surface area contributed by atoms with E-state index in [1.807, 2.05) is 6.92 Å². The van der Waals surface area contributed by atoms with E-state index in [4.69, 9.17) is 4.74 Å². The molecule has 1 atom stereocenters. The van der Waals surface area contributed by atoms with Gasteiger partial charge in [0.05, 0.1) is 25.5 Å². The maximum absolute atomic E-state index is 13.1. The number of rotatable bonds is 6. The van der Waals surface area contributed by atoms with E-state index in [1.54, 1.807) is 15.5 Å². The number of aromatic hydroxyl groups is 1. The van der Waals surface area contributed by atoms with Gasteiger partial charge in [0.2, 0.25) is 11.8 Å². The van der Waals surface area contributed by atoms with Crippen LogP contribution in [-0.2, 0) is 16.1 Å². The number of nitrogens with one attached hydrogen (secondary N) is 1. The summed E-state index contributed by atoms with van der Waals surface area (Å²) in [6.07, 6.45) is 8.26. The number of nitrogens with zero attached hydrogens (tertiary/aromatic N) is 4. The van der Waals surface area contributed by atoms with Crippen LogP contribution in [0.5, 0.6) is 5.88 Å². The van der Waals surface area contributed by atoms with Crippen molar-refractivity contribution >= 4 is 23.5 Å². The quantitative estimate of drug-likeness (QED) is 0.631. The molecule has 0 spiro atoms. The standard InChI is InChI=1S/C23H29N5O5/c1-14-12-33-10-9-26(14)17(29)6-3-15-11-24-28-20(15)27(13-23(2)7-8-23)21(31)18(22(28)32)19(30)25-16-4-5-16/h3,6,11,14,16,31H,4-5,7-10,12-13H2,1-2H3,(H,25,30). The Morgan fingerprint density at radius 3 is 2.79 bits per heavy atom. The number of carbonyl (C=O) groups excluding carboxylic acids is 2. The highest BCUT2D eigenvalue weighted by Crippen LogP contribution is 2.47. The Hall–Kier alpha value is -3.14. The van der Waals surface area contributed by atoms with Crippen molar-refractivity contribution in [3.05, 3.63) is 33.8 Å². The summed E-state index contributed by atoms with van der Waals surface area (Å²) in [7, 11) is 0. The first-order chi connectivity index (χ1) is 15.8. The van der Waals surface area contributed by atoms with Crippen LogP contribution in [0.1, 0.15) is 55.5 Å². The molecule has 2 aliphatic carbocycles. The molecule has 0 aromatic carbocycles. The lowest BCUT2D eigenvalue weighted by Crippen LogP contribution is -2.46. The molecule has 0 radical (unpaired) electrons. The summed E-state index contributed by atoms with van der Waals surface area (Å²) in [6.45, 7) is 5.97. The van der Waals surface area contributed by atoms with Gasteiger partial charge in [0, 0.05) is 30.8 Å². The van der Waals surface area contributed by atoms with Crippen molar-refractivity contribution in [3.8, 4) is 5.88 Å². The van der Waals surface area contributed by atoms with Crippen molar-refractivity contribution in [2.45, 2.75) is 58.2 Å². The number of amides is 2. The van der Waals surface area contributed by atoms with Crippen molar-refractivity contribution in [2.24, 2.45) is 5.41 Å². The number of fused-ring (bicyclic) bond motifs is 1. The zero-order valence-corrected chi connectivity index (χ0v) is 18.9. The molecule has 176 valence electrons. The van der Waals surface area contributed by atoms with Gasteiger partial charge in [-0.15, -0.1) is 0 Å². The molecule has 1 aliphatic heterocycles. The zero-order chi connectivity index (χ0) is 23.3. The van der Waals surface area contributed by atoms with Crippen molar-refractivity contribution < 1.29 is 19.4 Å². The molecular weight excluding hydrogens is 426 g/mol. The van der Waals surface area contributed by atoms with Gasteiger partial charge in [0.25, 0.3) is 11.5 Å². The molecule has 3 heterocycles. The first-order valence-electron chi connectivity index (χ1n) is 11.5. The van der Waals surface area contributed by atoms with Crippen molar-refractivity contribution in [2.75, 3.05) is 19.8 Å². The van der Waals surface area contributed by atoms with E-state index in [0.717, 1.165) is 30.2 Å². The van der Waals surface area contributed by atoms with Gasteiger partial charge in [0.1, 0.15) is 5.65 Å². The number of morpholine rings is 1. The largest absolute Gasteiger partial charge is 0.494 e. The van der Waals surface area contributed by atoms with Crippen LogP contribution in [0, 0.1) is 5.41 Å². The topological polar surface area (TPSA) is 118 Å². The van der Waals surface area contributed by atoms with Gasteiger partial charge >= 0.3 is 0 Å². The van der Waals surface area contributed by atoms with Crippen LogP contribution in [0.15, 0.2) is 17.1 Å². The van der Waals surface area contributed by atoms with Crippen LogP contribution in [-0.4, -0.2) is 67.8 Å². The average molecular weight is 456 g/mol. The summed E-state index contributed by atoms with van der Waals surface area (Å²) in [5.74, 6) is -1.10. The van der Waals surface area contributed by atoms with Crippen molar-refractivity contribution in [3.63, 3.8) is 0 Å². The van der Waals surface area contributed by atoms with Gasteiger partial charge in [-0.2, -0.15) is 9.61 Å². The van der Waals surface area contributed by atoms with Crippen LogP contribution in [0.4, 0.5) is 0 Å². The minimum atomic E-state index is -0.675. The number of hydrogen-bond donors (Lipinski definition) is 2. The van der Waals surface area contributed by atoms with Gasteiger partial charge in [-0.3, -0.25) is 19.0 Å². The fourth-order valence-electron chi connectivity index (χ4n) is 4.23. The third-order valence-corrected chi connectivity index (χ3v) is 6.75. The molecule has 2 saturated carbocycles. The summed E-state index contributed by atoms with van der Waals surface area (Å²) in [5, 5.41) is 18.1. The molecule has 1 saturated heterocycles. The number of carbonyl (C=O) groups is 2. The Bertz CT molecular complexity index is 1200. The van der Waals surface area contributed by atoms with E-state index in [2.05, 4.69) is 17.3 Å². The second kappa shape index (κ2) is 8.02. The molecule has 0 bridgehead atoms. The summed E-state index contributed by atoms with van der Waals surface area (Å²) in [4.78, 5) is 40.3. The first-order valence-corrected chi connectivity index (χ1v) is 11.5. The smallest absolute Gasteiger partial charge is 0.291 e. The van der Waals surface area contributed by atoms with Gasteiger partial charge < -0.3 is 20.1 Å². The van der Waals surface area contributed by atoms with Crippen LogP contribution in [0.3, 0.4) is 0 Å². The second-order valence-corrected chi connectivity index (χ2v) is 9.77. The Labute approximate surface area is 190 Å². The van der Waals surface area contributed by atoms with E-state index in [1.165, 1.54) is 12.3 Å². The molecular formula is C23H29N5O5. The lowest BCUT2D eigenvalue weighted by Gasteiger charge is -2.32. The normalized spacial score (nSPS) is 22.1. The molecule has 33 heavy (non-hydrogen) atoms. The maximum Gasteiger partial charge on any atom is 0.291 e. The highest BCUT2D eigenvalue weighted by Gasteiger charge is 2.39. The van der Waals surface area contributed by atoms with E-state index < -0.39 is 11.5 Å². The third-order valence-electron chi connectivity index (χ3n) is 6.75. The van der Waals surface area contributed by atoms with Crippen molar-refractivity contribution in [1.29, 1.82) is 0 Å². The second-order valence-electron chi connectivity index (χ2n) is 9.77. The fraction of sp³-hybridized carbons (Fsp3) is 0.565. The molecule has 2 aromatic rings. The van der Waals surface area contributed by atoms with Crippen LogP contribution in [0.2, 0.25) is 0 Å². The molecule has 2 amide bonds. The van der Waals surface area contributed by atoms with Gasteiger partial charge in [0.15, 0.2) is 5.56 Å². The molecule has 5 rings (SSSR count). The van der Waals surface area contributed by atoms with Crippen LogP contribution in [0.25, 0.3) is 11.7 Å². The average Bonchev–Trinajstić information content (AvgIpc) is 3.69. The highest BCUT2D eigenvalue weighted by molar-refractivity contribution is 5.97. The Balaban J connectivity index is 1.55. The monoisotopic (exact) mass is 455 g/mol. The predicted octanol–water partition coefficient (Wildman–Crippen LogP) is 1.15. The van der Waals surface area contributed by atoms with Crippen LogP contribution < -0.4 is 10.9 Å². The third kappa shape index (κ3) is 4.15. The predicted molar refractivity (Wildman–Crippen MR) is 120 cm³/mol. The number of aromatic nitrogens is 3. The Morgan fingerprint density at radius 1 is 1.36 bits per heavy atom. The van der Waals surface area contributed by atoms with E-state index in [0.29, 0.717) is 37.5 Å². The zero-order valence-electron chi connectivity index (χ0n) is 18.9. The molecule has 1 unspecified atom stereocenters. The Kier molecular flexibility index (Phi) is 5.27. The van der Waals surface area contributed by atoms with Crippen LogP contribution >= 0.6 is 0 Å². The van der Waals surface area contributed by atoms with Gasteiger partial charge in [-0.25, -0.2) is 0 Å². The Morgan fingerprint density at radius 2 is 2.12 bits per heavy atom.